The van der Waals surface area contributed by atoms with Gasteiger partial charge in [0, 0.05) is 16.5 Å². The molecule has 0 fully saturated rings. The van der Waals surface area contributed by atoms with Gasteiger partial charge in [-0.25, -0.2) is 0 Å². The van der Waals surface area contributed by atoms with Gasteiger partial charge in [-0.15, -0.1) is 0 Å². The summed E-state index contributed by atoms with van der Waals surface area (Å²) in [4.78, 5) is 4.71. The summed E-state index contributed by atoms with van der Waals surface area (Å²) < 4.78 is 0. The number of aromatic nitrogens is 1. The molecule has 0 bridgehead atoms. The van der Waals surface area contributed by atoms with E-state index in [1.165, 1.54) is 27.3 Å². The van der Waals surface area contributed by atoms with Crippen LogP contribution in [0.4, 0.5) is 0 Å². The molecule has 0 atom stereocenters. The molecule has 1 heterocycles. The van der Waals surface area contributed by atoms with Crippen LogP contribution in [0.3, 0.4) is 0 Å². The van der Waals surface area contributed by atoms with E-state index in [9.17, 15) is 0 Å². The highest BCUT2D eigenvalue weighted by atomic mass is 14.7. The van der Waals surface area contributed by atoms with Gasteiger partial charge >= 0.3 is 0 Å². The second-order valence-electron chi connectivity index (χ2n) is 4.77. The van der Waals surface area contributed by atoms with Gasteiger partial charge in [-0.05, 0) is 43.9 Å². The van der Waals surface area contributed by atoms with E-state index in [0.29, 0.717) is 0 Å². The fraction of sp³-hybridized carbons (Fsp3) is 0.188. The number of benzene rings is 2. The Labute approximate surface area is 101 Å². The van der Waals surface area contributed by atoms with Crippen LogP contribution in [-0.2, 0) is 0 Å². The van der Waals surface area contributed by atoms with Crippen molar-refractivity contribution in [1.82, 2.24) is 4.98 Å². The van der Waals surface area contributed by atoms with Crippen molar-refractivity contribution in [3.8, 4) is 0 Å². The van der Waals surface area contributed by atoms with Crippen molar-refractivity contribution in [2.24, 2.45) is 0 Å². The summed E-state index contributed by atoms with van der Waals surface area (Å²) in [5.74, 6) is 0. The molecule has 17 heavy (non-hydrogen) atoms. The van der Waals surface area contributed by atoms with Crippen LogP contribution in [0.15, 0.2) is 36.4 Å². The smallest absolute Gasteiger partial charge is 0.0714 e. The van der Waals surface area contributed by atoms with Gasteiger partial charge < -0.3 is 0 Å². The lowest BCUT2D eigenvalue weighted by molar-refractivity contribution is 1.28. The highest BCUT2D eigenvalue weighted by Crippen LogP contribution is 2.27. The molecule has 0 aliphatic rings. The van der Waals surface area contributed by atoms with Crippen molar-refractivity contribution in [3.05, 3.63) is 53.2 Å². The fourth-order valence-corrected chi connectivity index (χ4v) is 2.40. The Morgan fingerprint density at radius 1 is 0.706 bits per heavy atom. The Morgan fingerprint density at radius 3 is 2.12 bits per heavy atom. The van der Waals surface area contributed by atoms with Crippen molar-refractivity contribution >= 4 is 21.7 Å². The second kappa shape index (κ2) is 3.56. The third-order valence-electron chi connectivity index (χ3n) is 3.30. The molecular formula is C16H15N. The molecule has 2 aromatic carbocycles. The summed E-state index contributed by atoms with van der Waals surface area (Å²) in [5.41, 5.74) is 4.75. The Morgan fingerprint density at radius 2 is 1.35 bits per heavy atom. The first-order valence-corrected chi connectivity index (χ1v) is 5.92. The van der Waals surface area contributed by atoms with E-state index in [1.54, 1.807) is 0 Å². The molecule has 1 nitrogen and oxygen atoms in total. The van der Waals surface area contributed by atoms with E-state index in [4.69, 9.17) is 4.98 Å². The van der Waals surface area contributed by atoms with Gasteiger partial charge in [0.05, 0.1) is 5.52 Å². The standard InChI is InChI=1S/C16H15N/c1-10-4-6-13-14-7-5-11(2)9-16(14)17-12(3)15(13)8-10/h4-9H,1-3H3. The Kier molecular flexibility index (Phi) is 2.15. The number of hydrogen-bond donors (Lipinski definition) is 0. The van der Waals surface area contributed by atoms with Crippen molar-refractivity contribution in [3.63, 3.8) is 0 Å². The largest absolute Gasteiger partial charge is 0.252 e. The highest BCUT2D eigenvalue weighted by Gasteiger charge is 2.05. The minimum atomic E-state index is 1.10. The molecule has 0 spiro atoms. The third-order valence-corrected chi connectivity index (χ3v) is 3.30. The zero-order valence-corrected chi connectivity index (χ0v) is 10.4. The molecule has 3 rings (SSSR count). The molecule has 0 unspecified atom stereocenters. The fourth-order valence-electron chi connectivity index (χ4n) is 2.40. The molecule has 0 radical (unpaired) electrons. The maximum absolute atomic E-state index is 4.71. The predicted octanol–water partition coefficient (Wildman–Crippen LogP) is 4.31. The molecule has 0 aliphatic heterocycles. The first kappa shape index (κ1) is 10.3. The second-order valence-corrected chi connectivity index (χ2v) is 4.77. The summed E-state index contributed by atoms with van der Waals surface area (Å²) in [7, 11) is 0. The molecule has 1 heteroatoms. The number of hydrogen-bond acceptors (Lipinski definition) is 1. The SMILES string of the molecule is Cc1ccc2c(c1)nc(C)c1cc(C)ccc12. The van der Waals surface area contributed by atoms with Gasteiger partial charge in [0.1, 0.15) is 0 Å². The summed E-state index contributed by atoms with van der Waals surface area (Å²) in [6.07, 6.45) is 0. The molecule has 84 valence electrons. The van der Waals surface area contributed by atoms with Gasteiger partial charge in [-0.2, -0.15) is 0 Å². The molecule has 0 saturated heterocycles. The molecule has 0 amide bonds. The molecule has 3 aromatic rings. The lowest BCUT2D eigenvalue weighted by atomic mass is 10.0. The topological polar surface area (TPSA) is 12.9 Å². The Bertz CT molecular complexity index is 726. The van der Waals surface area contributed by atoms with Gasteiger partial charge in [0.15, 0.2) is 0 Å². The molecule has 0 aliphatic carbocycles. The molecule has 1 aromatic heterocycles. The van der Waals surface area contributed by atoms with Crippen LogP contribution in [0, 0.1) is 20.8 Å². The van der Waals surface area contributed by atoms with E-state index < -0.39 is 0 Å². The maximum atomic E-state index is 4.71. The Hall–Kier alpha value is -1.89. The lowest BCUT2D eigenvalue weighted by Gasteiger charge is -2.08. The number of fused-ring (bicyclic) bond motifs is 3. The van der Waals surface area contributed by atoms with Crippen LogP contribution < -0.4 is 0 Å². The third kappa shape index (κ3) is 1.59. The predicted molar refractivity (Wildman–Crippen MR) is 73.5 cm³/mol. The first-order chi connectivity index (χ1) is 8.15. The summed E-state index contributed by atoms with van der Waals surface area (Å²) >= 11 is 0. The maximum Gasteiger partial charge on any atom is 0.0714 e. The average molecular weight is 221 g/mol. The van der Waals surface area contributed by atoms with Crippen LogP contribution in [-0.4, -0.2) is 4.98 Å². The van der Waals surface area contributed by atoms with Crippen molar-refractivity contribution in [2.45, 2.75) is 20.8 Å². The van der Waals surface area contributed by atoms with Crippen LogP contribution in [0.25, 0.3) is 21.7 Å². The quantitative estimate of drug-likeness (QED) is 0.515. The zero-order chi connectivity index (χ0) is 12.0. The van der Waals surface area contributed by atoms with Crippen molar-refractivity contribution < 1.29 is 0 Å². The van der Waals surface area contributed by atoms with Crippen LogP contribution in [0.2, 0.25) is 0 Å². The monoisotopic (exact) mass is 221 g/mol. The van der Waals surface area contributed by atoms with Gasteiger partial charge in [0.2, 0.25) is 0 Å². The van der Waals surface area contributed by atoms with E-state index in [-0.39, 0.29) is 0 Å². The van der Waals surface area contributed by atoms with E-state index in [0.717, 1.165) is 11.2 Å². The normalized spacial score (nSPS) is 11.2. The number of nitrogens with zero attached hydrogens (tertiary/aromatic N) is 1. The number of aryl methyl sites for hydroxylation is 3. The molecular weight excluding hydrogens is 206 g/mol. The molecule has 0 N–H and O–H groups in total. The summed E-state index contributed by atoms with van der Waals surface area (Å²) in [6.45, 7) is 6.32. The van der Waals surface area contributed by atoms with E-state index >= 15 is 0 Å². The summed E-state index contributed by atoms with van der Waals surface area (Å²) in [5, 5.41) is 3.82. The highest BCUT2D eigenvalue weighted by molar-refractivity contribution is 6.06. The van der Waals surface area contributed by atoms with Crippen LogP contribution in [0.1, 0.15) is 16.8 Å². The number of pyridine rings is 1. The van der Waals surface area contributed by atoms with Crippen LogP contribution in [0.5, 0.6) is 0 Å². The lowest BCUT2D eigenvalue weighted by Crippen LogP contribution is -1.89. The zero-order valence-electron chi connectivity index (χ0n) is 10.4. The van der Waals surface area contributed by atoms with Crippen molar-refractivity contribution in [1.29, 1.82) is 0 Å². The molecule has 0 saturated carbocycles. The Balaban J connectivity index is 2.55. The average Bonchev–Trinajstić information content (AvgIpc) is 2.29. The van der Waals surface area contributed by atoms with Gasteiger partial charge in [-0.3, -0.25) is 4.98 Å². The van der Waals surface area contributed by atoms with Gasteiger partial charge in [-0.1, -0.05) is 29.8 Å². The summed E-state index contributed by atoms with van der Waals surface area (Å²) in [6, 6.07) is 13.1. The van der Waals surface area contributed by atoms with Crippen LogP contribution >= 0.6 is 0 Å². The first-order valence-electron chi connectivity index (χ1n) is 5.92. The van der Waals surface area contributed by atoms with Crippen molar-refractivity contribution in [2.75, 3.05) is 0 Å². The minimum Gasteiger partial charge on any atom is -0.252 e. The van der Waals surface area contributed by atoms with E-state index in [2.05, 4.69) is 57.2 Å². The number of rotatable bonds is 0. The minimum absolute atomic E-state index is 1.10. The van der Waals surface area contributed by atoms with E-state index in [1.807, 2.05) is 0 Å². The van der Waals surface area contributed by atoms with Gasteiger partial charge in [0.25, 0.3) is 0 Å².